The Labute approximate surface area is 438 Å². The summed E-state index contributed by atoms with van der Waals surface area (Å²) in [7, 11) is -30.5. The van der Waals surface area contributed by atoms with Crippen molar-refractivity contribution in [2.45, 2.75) is 74.1 Å². The maximum atomic E-state index is 13.1. The lowest BCUT2D eigenvalue weighted by atomic mass is 10.2. The molecule has 0 radical (unpaired) electrons. The number of benzene rings is 6. The van der Waals surface area contributed by atoms with Crippen LogP contribution in [0.4, 0.5) is 70.2 Å². The van der Waals surface area contributed by atoms with Gasteiger partial charge in [-0.1, -0.05) is 109 Å². The average molecular weight is 1250 g/mol. The standard InChI is InChI=1S/2C18H15S.2C4H2F8O6S2/c2*1-4-10-16(11-5-1)19(17-12-6-2-7-13-17)18-14-8-3-9-15-18;2*5-1(6,3(9,10)11)2(7,8)4(12,19(13,14)15)20(16,17)18/h2*1-15H;2*(H,13,14,15)(H,16,17,18)/q2*+1;;/p-2. The SMILES string of the molecule is O=S(=O)([O-])C(F)(C(F)(F)C(F)(F)C(F)(F)F)S(=O)(=O)O.O=S(=O)([O-])C(F)(C(F)(F)C(F)(F)C(F)(F)F)S(=O)(=O)O.c1ccc([S+](c2ccccc2)c2ccccc2)cc1.c1ccc([S+](c2ccccc2)c2ccccc2)cc1. The van der Waals surface area contributed by atoms with E-state index < -0.39 is 85.2 Å². The van der Waals surface area contributed by atoms with Crippen LogP contribution in [0.2, 0.25) is 0 Å². The van der Waals surface area contributed by atoms with Crippen molar-refractivity contribution >= 4 is 62.3 Å². The van der Waals surface area contributed by atoms with E-state index in [9.17, 15) is 113 Å². The molecule has 0 saturated heterocycles. The molecule has 0 spiro atoms. The predicted molar refractivity (Wildman–Crippen MR) is 245 cm³/mol. The fraction of sp³-hybridized carbons (Fsp3) is 0.182. The molecule has 34 heteroatoms. The zero-order valence-electron chi connectivity index (χ0n) is 37.8. The fourth-order valence-corrected chi connectivity index (χ4v) is 13.8. The van der Waals surface area contributed by atoms with E-state index in [0.29, 0.717) is 0 Å². The van der Waals surface area contributed by atoms with Crippen LogP contribution < -0.4 is 0 Å². The van der Waals surface area contributed by atoms with Gasteiger partial charge in [0.15, 0.2) is 49.6 Å². The molecule has 0 aliphatic heterocycles. The molecule has 6 aromatic rings. The Bertz CT molecular complexity index is 2880. The van der Waals surface area contributed by atoms with Crippen LogP contribution in [-0.4, -0.2) is 96.6 Å². The Hall–Kier alpha value is -5.46. The molecule has 0 aliphatic carbocycles. The Morgan fingerprint density at radius 1 is 0.282 bits per heavy atom. The first-order valence-corrected chi connectivity index (χ1v) is 28.2. The van der Waals surface area contributed by atoms with Gasteiger partial charge in [0.2, 0.25) is 0 Å². The van der Waals surface area contributed by atoms with Gasteiger partial charge < -0.3 is 9.11 Å². The molecule has 0 amide bonds. The van der Waals surface area contributed by atoms with Crippen LogP contribution in [0, 0.1) is 0 Å². The average Bonchev–Trinajstić information content (AvgIpc) is 3.34. The summed E-state index contributed by atoms with van der Waals surface area (Å²) in [6.07, 6.45) is -14.7. The summed E-state index contributed by atoms with van der Waals surface area (Å²) in [5, 5.41) is 0. The van der Waals surface area contributed by atoms with Crippen molar-refractivity contribution in [2.75, 3.05) is 0 Å². The van der Waals surface area contributed by atoms with Gasteiger partial charge in [-0.15, -0.1) is 0 Å². The molecule has 6 aromatic carbocycles. The van der Waals surface area contributed by atoms with Crippen LogP contribution in [0.25, 0.3) is 0 Å². The molecule has 0 aromatic heterocycles. The van der Waals surface area contributed by atoms with Crippen LogP contribution >= 0.6 is 0 Å². The minimum atomic E-state index is -7.71. The van der Waals surface area contributed by atoms with Gasteiger partial charge in [-0.25, -0.2) is 16.8 Å². The quantitative estimate of drug-likeness (QED) is 0.0590. The van der Waals surface area contributed by atoms with Gasteiger partial charge >= 0.3 is 64.9 Å². The highest BCUT2D eigenvalue weighted by atomic mass is 32.3. The van der Waals surface area contributed by atoms with Crippen LogP contribution in [0.15, 0.2) is 211 Å². The second kappa shape index (κ2) is 24.5. The Morgan fingerprint density at radius 3 is 0.526 bits per heavy atom. The molecule has 78 heavy (non-hydrogen) atoms. The van der Waals surface area contributed by atoms with E-state index in [1.54, 1.807) is 0 Å². The topological polar surface area (TPSA) is 223 Å². The van der Waals surface area contributed by atoms with Crippen LogP contribution in [0.3, 0.4) is 0 Å². The molecular weight excluding hydrogens is 1220 g/mol. The highest BCUT2D eigenvalue weighted by Gasteiger charge is 2.88. The number of hydrogen-bond donors (Lipinski definition) is 2. The first-order valence-electron chi connectivity index (χ1n) is 20.1. The van der Waals surface area contributed by atoms with Crippen molar-refractivity contribution in [3.8, 4) is 0 Å². The third-order valence-electron chi connectivity index (χ3n) is 9.43. The maximum absolute atomic E-state index is 13.1. The molecule has 2 N–H and O–H groups in total. The van der Waals surface area contributed by atoms with Crippen molar-refractivity contribution in [1.29, 1.82) is 0 Å². The predicted octanol–water partition coefficient (Wildman–Crippen LogP) is 11.3. The van der Waals surface area contributed by atoms with E-state index in [-0.39, 0.29) is 21.8 Å². The minimum Gasteiger partial charge on any atom is -0.744 e. The number of hydrogen-bond acceptors (Lipinski definition) is 10. The van der Waals surface area contributed by atoms with Crippen LogP contribution in [-0.2, 0) is 62.3 Å². The lowest BCUT2D eigenvalue weighted by Gasteiger charge is -2.36. The normalized spacial score (nSPS) is 14.7. The van der Waals surface area contributed by atoms with Crippen molar-refractivity contribution < 1.29 is 122 Å². The molecule has 0 aliphatic rings. The van der Waals surface area contributed by atoms with Crippen LogP contribution in [0.5, 0.6) is 0 Å². The van der Waals surface area contributed by atoms with Gasteiger partial charge in [0, 0.05) is 0 Å². The van der Waals surface area contributed by atoms with Crippen LogP contribution in [0.1, 0.15) is 0 Å². The van der Waals surface area contributed by atoms with E-state index in [1.165, 1.54) is 29.4 Å². The number of alkyl halides is 16. The summed E-state index contributed by atoms with van der Waals surface area (Å²) >= 11 is 0. The molecule has 2 unspecified atom stereocenters. The van der Waals surface area contributed by atoms with E-state index in [1.807, 2.05) is 0 Å². The minimum absolute atomic E-state index is 0.0146. The summed E-state index contributed by atoms with van der Waals surface area (Å²) in [4.78, 5) is 8.17. The number of rotatable bonds is 14. The Balaban J connectivity index is 0.000000273. The fourth-order valence-electron chi connectivity index (χ4n) is 5.78. The molecule has 0 heterocycles. The van der Waals surface area contributed by atoms with Gasteiger partial charge in [0.05, 0.1) is 21.8 Å². The molecule has 428 valence electrons. The molecule has 12 nitrogen and oxygen atoms in total. The van der Waals surface area contributed by atoms with Gasteiger partial charge in [0.1, 0.15) is 0 Å². The van der Waals surface area contributed by atoms with Crippen molar-refractivity contribution in [1.82, 2.24) is 0 Å². The first-order chi connectivity index (χ1) is 35.4. The summed E-state index contributed by atoms with van der Waals surface area (Å²) < 4.78 is 299. The second-order valence-electron chi connectivity index (χ2n) is 14.7. The summed E-state index contributed by atoms with van der Waals surface area (Å²) in [5.41, 5.74) is 0. The molecular formula is C44H32F16O12S6. The summed E-state index contributed by atoms with van der Waals surface area (Å²) in [6, 6.07) is 64.3. The molecule has 2 atom stereocenters. The van der Waals surface area contributed by atoms with E-state index in [2.05, 4.69) is 182 Å². The largest absolute Gasteiger partial charge is 0.744 e. The maximum Gasteiger partial charge on any atom is 0.460 e. The van der Waals surface area contributed by atoms with Crippen molar-refractivity contribution in [2.24, 2.45) is 0 Å². The van der Waals surface area contributed by atoms with E-state index in [0.717, 1.165) is 0 Å². The number of halogens is 16. The monoisotopic (exact) mass is 1250 g/mol. The third-order valence-corrected chi connectivity index (χ3v) is 20.0. The first kappa shape index (κ1) is 66.8. The zero-order valence-corrected chi connectivity index (χ0v) is 42.7. The molecule has 6 rings (SSSR count). The van der Waals surface area contributed by atoms with E-state index in [4.69, 9.17) is 9.11 Å². The smallest absolute Gasteiger partial charge is 0.460 e. The summed E-state index contributed by atoms with van der Waals surface area (Å²) in [6.45, 7) is 0. The highest BCUT2D eigenvalue weighted by Crippen LogP contribution is 2.57. The van der Waals surface area contributed by atoms with Gasteiger partial charge in [-0.2, -0.15) is 87.1 Å². The second-order valence-corrected chi connectivity index (χ2v) is 25.3. The zero-order chi connectivity index (χ0) is 59.8. The van der Waals surface area contributed by atoms with Gasteiger partial charge in [-0.05, 0) is 72.8 Å². The van der Waals surface area contributed by atoms with Crippen molar-refractivity contribution in [3.63, 3.8) is 0 Å². The molecule has 0 saturated carbocycles. The van der Waals surface area contributed by atoms with Gasteiger partial charge in [-0.3, -0.25) is 9.11 Å². The van der Waals surface area contributed by atoms with Crippen molar-refractivity contribution in [3.05, 3.63) is 182 Å². The Morgan fingerprint density at radius 2 is 0.423 bits per heavy atom. The van der Waals surface area contributed by atoms with E-state index >= 15 is 0 Å². The highest BCUT2D eigenvalue weighted by molar-refractivity contribution is 8.05. The lowest BCUT2D eigenvalue weighted by molar-refractivity contribution is -0.364. The molecule has 0 bridgehead atoms. The molecule has 0 fully saturated rings. The lowest BCUT2D eigenvalue weighted by Crippen LogP contribution is -2.67. The van der Waals surface area contributed by atoms with Gasteiger partial charge in [0.25, 0.3) is 0 Å². The Kier molecular flexibility index (Phi) is 21.0. The summed E-state index contributed by atoms with van der Waals surface area (Å²) in [5.74, 6) is -30.5. The third kappa shape index (κ3) is 13.9.